The van der Waals surface area contributed by atoms with Gasteiger partial charge in [-0.25, -0.2) is 4.79 Å². The molecule has 0 radical (unpaired) electrons. The summed E-state index contributed by atoms with van der Waals surface area (Å²) in [4.78, 5) is 27.9. The van der Waals surface area contributed by atoms with E-state index in [9.17, 15) is 9.59 Å². The molecule has 0 aliphatic carbocycles. The summed E-state index contributed by atoms with van der Waals surface area (Å²) < 4.78 is 6.64. The standard InChI is InChI=1S/C10H13N5O4/c1-5-3-15(10(18)12-8(5)17)9-7(13-14-11)2-6(4-16)19-9/h3,6-7,9,16H,2,4H2,1H3,(H,12,17,18)/t6-,7-,9-/m0/s1. The Morgan fingerprint density at radius 1 is 1.68 bits per heavy atom. The van der Waals surface area contributed by atoms with Crippen molar-refractivity contribution in [2.24, 2.45) is 5.11 Å². The zero-order chi connectivity index (χ0) is 14.0. The lowest BCUT2D eigenvalue weighted by Crippen LogP contribution is -2.36. The fraction of sp³-hybridized carbons (Fsp3) is 0.600. The van der Waals surface area contributed by atoms with E-state index >= 15 is 0 Å². The number of nitrogens with zero attached hydrogens (tertiary/aromatic N) is 4. The maximum Gasteiger partial charge on any atom is 0.330 e. The van der Waals surface area contributed by atoms with Gasteiger partial charge >= 0.3 is 5.69 Å². The summed E-state index contributed by atoms with van der Waals surface area (Å²) in [5.74, 6) is 0. The Morgan fingerprint density at radius 3 is 3.05 bits per heavy atom. The van der Waals surface area contributed by atoms with E-state index in [4.69, 9.17) is 15.4 Å². The lowest BCUT2D eigenvalue weighted by atomic mass is 10.1. The smallest absolute Gasteiger partial charge is 0.330 e. The number of ether oxygens (including phenoxy) is 1. The molecule has 1 aliphatic heterocycles. The summed E-state index contributed by atoms with van der Waals surface area (Å²) in [7, 11) is 0. The van der Waals surface area contributed by atoms with E-state index in [1.54, 1.807) is 6.92 Å². The Morgan fingerprint density at radius 2 is 2.42 bits per heavy atom. The van der Waals surface area contributed by atoms with Crippen LogP contribution in [0.5, 0.6) is 0 Å². The van der Waals surface area contributed by atoms with Crippen LogP contribution in [0.2, 0.25) is 0 Å². The van der Waals surface area contributed by atoms with Gasteiger partial charge in [-0.1, -0.05) is 5.11 Å². The molecule has 1 aromatic rings. The summed E-state index contributed by atoms with van der Waals surface area (Å²) in [6.07, 6.45) is 0.345. The fourth-order valence-corrected chi connectivity index (χ4v) is 2.04. The van der Waals surface area contributed by atoms with Crippen LogP contribution in [0.1, 0.15) is 18.2 Å². The van der Waals surface area contributed by atoms with Crippen LogP contribution in [0, 0.1) is 6.92 Å². The molecule has 1 fully saturated rings. The fourth-order valence-electron chi connectivity index (χ4n) is 2.04. The molecule has 9 nitrogen and oxygen atoms in total. The topological polar surface area (TPSA) is 133 Å². The molecule has 1 saturated heterocycles. The number of aryl methyl sites for hydroxylation is 1. The molecule has 0 amide bonds. The number of nitrogens with one attached hydrogen (secondary N) is 1. The summed E-state index contributed by atoms with van der Waals surface area (Å²) in [5.41, 5.74) is 7.74. The third-order valence-electron chi connectivity index (χ3n) is 2.99. The highest BCUT2D eigenvalue weighted by atomic mass is 16.5. The first-order valence-electron chi connectivity index (χ1n) is 5.69. The molecule has 2 N–H and O–H groups in total. The highest BCUT2D eigenvalue weighted by Crippen LogP contribution is 2.30. The van der Waals surface area contributed by atoms with E-state index in [2.05, 4.69) is 15.0 Å². The van der Waals surface area contributed by atoms with Crippen molar-refractivity contribution in [1.29, 1.82) is 0 Å². The van der Waals surface area contributed by atoms with Crippen LogP contribution in [0.25, 0.3) is 10.4 Å². The normalized spacial score (nSPS) is 26.1. The second-order valence-electron chi connectivity index (χ2n) is 4.32. The number of aromatic nitrogens is 2. The highest BCUT2D eigenvalue weighted by molar-refractivity contribution is 5.02. The number of aliphatic hydroxyl groups is 1. The van der Waals surface area contributed by atoms with E-state index in [0.717, 1.165) is 0 Å². The predicted octanol–water partition coefficient (Wildman–Crippen LogP) is -0.196. The molecule has 1 aliphatic rings. The van der Waals surface area contributed by atoms with Crippen molar-refractivity contribution < 1.29 is 9.84 Å². The van der Waals surface area contributed by atoms with Crippen molar-refractivity contribution in [3.8, 4) is 0 Å². The van der Waals surface area contributed by atoms with Gasteiger partial charge in [0.2, 0.25) is 0 Å². The van der Waals surface area contributed by atoms with Gasteiger partial charge in [0, 0.05) is 16.7 Å². The van der Waals surface area contributed by atoms with Crippen LogP contribution in [0.3, 0.4) is 0 Å². The van der Waals surface area contributed by atoms with Gasteiger partial charge in [-0.2, -0.15) is 0 Å². The van der Waals surface area contributed by atoms with E-state index in [-0.39, 0.29) is 6.61 Å². The van der Waals surface area contributed by atoms with Crippen molar-refractivity contribution in [2.45, 2.75) is 31.7 Å². The first-order chi connectivity index (χ1) is 9.06. The second kappa shape index (κ2) is 5.27. The van der Waals surface area contributed by atoms with Gasteiger partial charge in [0.05, 0.1) is 18.8 Å². The predicted molar refractivity (Wildman–Crippen MR) is 64.6 cm³/mol. The highest BCUT2D eigenvalue weighted by Gasteiger charge is 2.36. The molecule has 2 heterocycles. The minimum atomic E-state index is -0.823. The van der Waals surface area contributed by atoms with Gasteiger partial charge in [0.15, 0.2) is 0 Å². The Kier molecular flexibility index (Phi) is 3.70. The van der Waals surface area contributed by atoms with E-state index in [1.807, 2.05) is 0 Å². The average molecular weight is 267 g/mol. The summed E-state index contributed by atoms with van der Waals surface area (Å²) in [6, 6.07) is -0.606. The van der Waals surface area contributed by atoms with Crippen molar-refractivity contribution in [3.63, 3.8) is 0 Å². The van der Waals surface area contributed by atoms with Crippen LogP contribution in [-0.4, -0.2) is 33.4 Å². The molecule has 3 atom stereocenters. The SMILES string of the molecule is Cc1cn([C@H]2O[C@H](CO)C[C@@H]2N=[N+]=[N-])c(=O)[nH]c1=O. The number of azide groups is 1. The third-order valence-corrected chi connectivity index (χ3v) is 2.99. The monoisotopic (exact) mass is 267 g/mol. The van der Waals surface area contributed by atoms with Crippen LogP contribution < -0.4 is 11.2 Å². The first-order valence-corrected chi connectivity index (χ1v) is 5.69. The van der Waals surface area contributed by atoms with E-state index in [1.165, 1.54) is 10.8 Å². The molecule has 1 aromatic heterocycles. The number of hydrogen-bond donors (Lipinski definition) is 2. The van der Waals surface area contributed by atoms with E-state index in [0.29, 0.717) is 12.0 Å². The zero-order valence-corrected chi connectivity index (χ0v) is 10.2. The molecule has 0 unspecified atom stereocenters. The third kappa shape index (κ3) is 2.53. The molecule has 0 spiro atoms. The van der Waals surface area contributed by atoms with Gasteiger partial charge in [-0.05, 0) is 18.9 Å². The van der Waals surface area contributed by atoms with Crippen molar-refractivity contribution in [1.82, 2.24) is 9.55 Å². The number of rotatable bonds is 3. The quantitative estimate of drug-likeness (QED) is 0.445. The largest absolute Gasteiger partial charge is 0.394 e. The number of hydrogen-bond acceptors (Lipinski definition) is 5. The molecular formula is C10H13N5O4. The van der Waals surface area contributed by atoms with Crippen LogP contribution in [0.15, 0.2) is 20.9 Å². The average Bonchev–Trinajstić information content (AvgIpc) is 2.77. The van der Waals surface area contributed by atoms with Crippen LogP contribution in [-0.2, 0) is 4.74 Å². The molecule has 2 rings (SSSR count). The molecule has 19 heavy (non-hydrogen) atoms. The summed E-state index contributed by atoms with van der Waals surface area (Å²) >= 11 is 0. The molecule has 102 valence electrons. The molecular weight excluding hydrogens is 254 g/mol. The number of aliphatic hydroxyl groups excluding tert-OH is 1. The Labute approximate surface area is 107 Å². The maximum atomic E-state index is 11.8. The molecule has 9 heteroatoms. The minimum absolute atomic E-state index is 0.231. The number of aromatic amines is 1. The second-order valence-corrected chi connectivity index (χ2v) is 4.32. The van der Waals surface area contributed by atoms with Gasteiger partial charge in [-0.3, -0.25) is 14.3 Å². The Bertz CT molecular complexity index is 630. The molecule has 0 saturated carbocycles. The van der Waals surface area contributed by atoms with Gasteiger partial charge < -0.3 is 9.84 Å². The lowest BCUT2D eigenvalue weighted by Gasteiger charge is -2.17. The lowest BCUT2D eigenvalue weighted by molar-refractivity contribution is -0.0280. The summed E-state index contributed by atoms with van der Waals surface area (Å²) in [5, 5.41) is 12.6. The molecule has 0 bridgehead atoms. The first kappa shape index (κ1) is 13.3. The zero-order valence-electron chi connectivity index (χ0n) is 10.2. The van der Waals surface area contributed by atoms with Crippen molar-refractivity contribution in [2.75, 3.05) is 6.61 Å². The van der Waals surface area contributed by atoms with Crippen molar-refractivity contribution in [3.05, 3.63) is 43.0 Å². The van der Waals surface area contributed by atoms with Gasteiger partial charge in [0.1, 0.15) is 6.23 Å². The van der Waals surface area contributed by atoms with Crippen molar-refractivity contribution >= 4 is 0 Å². The van der Waals surface area contributed by atoms with Crippen LogP contribution >= 0.6 is 0 Å². The Hall–Kier alpha value is -2.09. The summed E-state index contributed by atoms with van der Waals surface area (Å²) in [6.45, 7) is 1.32. The van der Waals surface area contributed by atoms with Crippen LogP contribution in [0.4, 0.5) is 0 Å². The maximum absolute atomic E-state index is 11.8. The minimum Gasteiger partial charge on any atom is -0.394 e. The molecule has 0 aromatic carbocycles. The Balaban J connectivity index is 2.44. The van der Waals surface area contributed by atoms with E-state index < -0.39 is 29.6 Å². The number of H-pyrrole nitrogens is 1. The van der Waals surface area contributed by atoms with Gasteiger partial charge in [0.25, 0.3) is 5.56 Å². The van der Waals surface area contributed by atoms with Gasteiger partial charge in [-0.15, -0.1) is 0 Å².